The summed E-state index contributed by atoms with van der Waals surface area (Å²) in [5.74, 6) is 0.996. The molecule has 1 aliphatic heterocycles. The van der Waals surface area contributed by atoms with E-state index in [1.165, 1.54) is 19.3 Å². The highest BCUT2D eigenvalue weighted by Gasteiger charge is 2.13. The molecule has 6 heteroatoms. The monoisotopic (exact) mass is 309 g/mol. The van der Waals surface area contributed by atoms with Crippen molar-refractivity contribution in [2.45, 2.75) is 43.8 Å². The molecule has 0 saturated carbocycles. The lowest BCUT2D eigenvalue weighted by Crippen LogP contribution is -2.34. The Morgan fingerprint density at radius 1 is 1.50 bits per heavy atom. The van der Waals surface area contributed by atoms with Crippen molar-refractivity contribution in [2.75, 3.05) is 12.3 Å². The Labute approximate surface area is 126 Å². The van der Waals surface area contributed by atoms with Gasteiger partial charge in [-0.2, -0.15) is 0 Å². The third-order valence-corrected chi connectivity index (χ3v) is 5.47. The van der Waals surface area contributed by atoms with E-state index in [-0.39, 0.29) is 5.56 Å². The zero-order chi connectivity index (χ0) is 13.9. The zero-order valence-corrected chi connectivity index (χ0v) is 13.2. The van der Waals surface area contributed by atoms with Crippen molar-refractivity contribution in [3.05, 3.63) is 21.3 Å². The fraction of sp³-hybridized carbons (Fsp3) is 0.571. The fourth-order valence-electron chi connectivity index (χ4n) is 2.57. The number of piperidine rings is 1. The number of aryl methyl sites for hydroxylation is 1. The van der Waals surface area contributed by atoms with Crippen LogP contribution in [0.15, 0.2) is 16.0 Å². The number of rotatable bonds is 4. The Hall–Kier alpha value is -0.850. The highest BCUT2D eigenvalue weighted by Crippen LogP contribution is 2.23. The minimum atomic E-state index is -0.0161. The maximum atomic E-state index is 12.0. The van der Waals surface area contributed by atoms with Gasteiger partial charge in [-0.05, 0) is 38.8 Å². The summed E-state index contributed by atoms with van der Waals surface area (Å²) in [6, 6.07) is 2.54. The first kappa shape index (κ1) is 14.1. The molecular formula is C14H19N3OS2. The Morgan fingerprint density at radius 2 is 2.40 bits per heavy atom. The van der Waals surface area contributed by atoms with Gasteiger partial charge in [0.05, 0.1) is 5.39 Å². The summed E-state index contributed by atoms with van der Waals surface area (Å²) in [6.07, 6.45) is 5.04. The van der Waals surface area contributed by atoms with Crippen molar-refractivity contribution in [1.82, 2.24) is 15.3 Å². The standard InChI is InChI=1S/C14H19N3OS2/c1-9-8-11-12(18)16-14(17-13(11)20-9)19-7-5-10-4-2-3-6-15-10/h8,10,15H,2-7H2,1H3,(H,16,17,18). The van der Waals surface area contributed by atoms with Crippen LogP contribution in [0.2, 0.25) is 0 Å². The van der Waals surface area contributed by atoms with Gasteiger partial charge in [0, 0.05) is 16.7 Å². The van der Waals surface area contributed by atoms with Crippen molar-refractivity contribution in [2.24, 2.45) is 0 Å². The van der Waals surface area contributed by atoms with E-state index in [1.807, 2.05) is 13.0 Å². The number of aromatic amines is 1. The van der Waals surface area contributed by atoms with Crippen LogP contribution in [0.4, 0.5) is 0 Å². The summed E-state index contributed by atoms with van der Waals surface area (Å²) >= 11 is 3.24. The number of nitrogens with zero attached hydrogens (tertiary/aromatic N) is 1. The van der Waals surface area contributed by atoms with Crippen molar-refractivity contribution in [1.29, 1.82) is 0 Å². The molecule has 0 radical (unpaired) electrons. The van der Waals surface area contributed by atoms with Gasteiger partial charge in [0.15, 0.2) is 5.16 Å². The lowest BCUT2D eigenvalue weighted by Gasteiger charge is -2.22. The van der Waals surface area contributed by atoms with Gasteiger partial charge in [-0.1, -0.05) is 18.2 Å². The molecule has 0 aliphatic carbocycles. The van der Waals surface area contributed by atoms with E-state index in [2.05, 4.69) is 15.3 Å². The largest absolute Gasteiger partial charge is 0.314 e. The first-order valence-electron chi connectivity index (χ1n) is 7.09. The molecule has 1 fully saturated rings. The summed E-state index contributed by atoms with van der Waals surface area (Å²) in [5, 5.41) is 5.01. The third-order valence-electron chi connectivity index (χ3n) is 3.62. The van der Waals surface area contributed by atoms with Crippen LogP contribution in [0.5, 0.6) is 0 Å². The minimum absolute atomic E-state index is 0.0161. The Bertz CT molecular complexity index is 643. The third kappa shape index (κ3) is 3.24. The smallest absolute Gasteiger partial charge is 0.260 e. The Morgan fingerprint density at radius 3 is 3.20 bits per heavy atom. The van der Waals surface area contributed by atoms with Gasteiger partial charge in [-0.3, -0.25) is 4.79 Å². The summed E-state index contributed by atoms with van der Waals surface area (Å²) in [6.45, 7) is 3.15. The van der Waals surface area contributed by atoms with Gasteiger partial charge < -0.3 is 10.3 Å². The summed E-state index contributed by atoms with van der Waals surface area (Å²) < 4.78 is 0. The van der Waals surface area contributed by atoms with E-state index in [9.17, 15) is 4.79 Å². The molecule has 108 valence electrons. The number of hydrogen-bond donors (Lipinski definition) is 2. The predicted octanol–water partition coefficient (Wildman–Crippen LogP) is 2.92. The molecule has 20 heavy (non-hydrogen) atoms. The van der Waals surface area contributed by atoms with E-state index in [0.717, 1.165) is 33.6 Å². The highest BCUT2D eigenvalue weighted by molar-refractivity contribution is 7.99. The molecule has 2 aromatic rings. The first-order chi connectivity index (χ1) is 9.72. The number of fused-ring (bicyclic) bond motifs is 1. The molecule has 3 heterocycles. The predicted molar refractivity (Wildman–Crippen MR) is 86.0 cm³/mol. The maximum absolute atomic E-state index is 12.0. The van der Waals surface area contributed by atoms with Gasteiger partial charge in [0.25, 0.3) is 5.56 Å². The topological polar surface area (TPSA) is 57.8 Å². The number of thiophene rings is 1. The van der Waals surface area contributed by atoms with Crippen LogP contribution in [0.1, 0.15) is 30.6 Å². The molecule has 2 N–H and O–H groups in total. The second-order valence-corrected chi connectivity index (χ2v) is 7.55. The average Bonchev–Trinajstić information content (AvgIpc) is 2.81. The second-order valence-electron chi connectivity index (χ2n) is 5.23. The molecule has 1 aliphatic rings. The Kier molecular flexibility index (Phi) is 4.43. The van der Waals surface area contributed by atoms with Crippen LogP contribution in [0.25, 0.3) is 10.2 Å². The van der Waals surface area contributed by atoms with Crippen molar-refractivity contribution in [3.63, 3.8) is 0 Å². The van der Waals surface area contributed by atoms with E-state index in [1.54, 1.807) is 23.1 Å². The Balaban J connectivity index is 1.63. The maximum Gasteiger partial charge on any atom is 0.260 e. The molecule has 1 atom stereocenters. The molecule has 4 nitrogen and oxygen atoms in total. The first-order valence-corrected chi connectivity index (χ1v) is 8.89. The van der Waals surface area contributed by atoms with Gasteiger partial charge >= 0.3 is 0 Å². The molecule has 3 rings (SSSR count). The van der Waals surface area contributed by atoms with Gasteiger partial charge in [0.1, 0.15) is 4.83 Å². The molecule has 2 aromatic heterocycles. The molecule has 0 bridgehead atoms. The summed E-state index contributed by atoms with van der Waals surface area (Å²) in [4.78, 5) is 21.4. The lowest BCUT2D eigenvalue weighted by atomic mass is 10.0. The molecule has 1 saturated heterocycles. The SMILES string of the molecule is Cc1cc2c(=O)[nH]c(SCCC3CCCCN3)nc2s1. The van der Waals surface area contributed by atoms with E-state index in [0.29, 0.717) is 11.4 Å². The van der Waals surface area contributed by atoms with Crippen LogP contribution in [0.3, 0.4) is 0 Å². The van der Waals surface area contributed by atoms with Crippen molar-refractivity contribution >= 4 is 33.3 Å². The van der Waals surface area contributed by atoms with Gasteiger partial charge in [0.2, 0.25) is 0 Å². The fourth-order valence-corrected chi connectivity index (χ4v) is 4.42. The van der Waals surface area contributed by atoms with Crippen molar-refractivity contribution < 1.29 is 0 Å². The molecule has 0 amide bonds. The number of nitrogens with one attached hydrogen (secondary N) is 2. The van der Waals surface area contributed by atoms with Crippen LogP contribution in [0, 0.1) is 6.92 Å². The van der Waals surface area contributed by atoms with Gasteiger partial charge in [-0.25, -0.2) is 4.98 Å². The second kappa shape index (κ2) is 6.28. The van der Waals surface area contributed by atoms with E-state index < -0.39 is 0 Å². The lowest BCUT2D eigenvalue weighted by molar-refractivity contribution is 0.394. The number of hydrogen-bond acceptors (Lipinski definition) is 5. The molecule has 0 spiro atoms. The molecule has 0 aromatic carbocycles. The summed E-state index contributed by atoms with van der Waals surface area (Å²) in [7, 11) is 0. The number of aromatic nitrogens is 2. The normalized spacial score (nSPS) is 19.6. The molecular weight excluding hydrogens is 290 g/mol. The molecule has 1 unspecified atom stereocenters. The number of H-pyrrole nitrogens is 1. The van der Waals surface area contributed by atoms with Crippen LogP contribution >= 0.6 is 23.1 Å². The number of thioether (sulfide) groups is 1. The van der Waals surface area contributed by atoms with Crippen LogP contribution in [-0.2, 0) is 0 Å². The van der Waals surface area contributed by atoms with Crippen molar-refractivity contribution in [3.8, 4) is 0 Å². The van der Waals surface area contributed by atoms with Crippen LogP contribution in [-0.4, -0.2) is 28.3 Å². The quantitative estimate of drug-likeness (QED) is 0.673. The van der Waals surface area contributed by atoms with E-state index in [4.69, 9.17) is 0 Å². The average molecular weight is 309 g/mol. The van der Waals surface area contributed by atoms with Gasteiger partial charge in [-0.15, -0.1) is 11.3 Å². The zero-order valence-electron chi connectivity index (χ0n) is 11.6. The summed E-state index contributed by atoms with van der Waals surface area (Å²) in [5.41, 5.74) is -0.0161. The minimum Gasteiger partial charge on any atom is -0.314 e. The highest BCUT2D eigenvalue weighted by atomic mass is 32.2. The van der Waals surface area contributed by atoms with E-state index >= 15 is 0 Å². The van der Waals surface area contributed by atoms with Crippen LogP contribution < -0.4 is 10.9 Å².